The molecular weight excluding hydrogens is 236 g/mol. The van der Waals surface area contributed by atoms with Gasteiger partial charge in [-0.15, -0.1) is 0 Å². The third-order valence-corrected chi connectivity index (χ3v) is 3.39. The van der Waals surface area contributed by atoms with Gasteiger partial charge in [0.1, 0.15) is 0 Å². The molecule has 0 unspecified atom stereocenters. The van der Waals surface area contributed by atoms with E-state index in [1.807, 2.05) is 36.4 Å². The second-order valence-electron chi connectivity index (χ2n) is 4.73. The van der Waals surface area contributed by atoms with Gasteiger partial charge in [-0.3, -0.25) is 4.79 Å². The summed E-state index contributed by atoms with van der Waals surface area (Å²) in [4.78, 5) is 12.1. The maximum Gasteiger partial charge on any atom is 0.255 e. The maximum absolute atomic E-state index is 12.1. The van der Waals surface area contributed by atoms with E-state index in [9.17, 15) is 4.79 Å². The van der Waals surface area contributed by atoms with Crippen LogP contribution in [-0.2, 0) is 13.0 Å². The van der Waals surface area contributed by atoms with Gasteiger partial charge in [-0.25, -0.2) is 0 Å². The molecule has 2 aromatic rings. The van der Waals surface area contributed by atoms with Crippen molar-refractivity contribution in [3.63, 3.8) is 0 Å². The molecule has 3 rings (SSSR count). The van der Waals surface area contributed by atoms with Gasteiger partial charge >= 0.3 is 0 Å². The van der Waals surface area contributed by atoms with Crippen molar-refractivity contribution >= 4 is 11.6 Å². The molecule has 0 saturated heterocycles. The van der Waals surface area contributed by atoms with Crippen molar-refractivity contribution in [2.45, 2.75) is 13.0 Å². The van der Waals surface area contributed by atoms with Gasteiger partial charge in [-0.2, -0.15) is 0 Å². The minimum atomic E-state index is -0.0654. The lowest BCUT2D eigenvalue weighted by Gasteiger charge is -2.18. The molecule has 0 bridgehead atoms. The van der Waals surface area contributed by atoms with E-state index in [0.29, 0.717) is 5.56 Å². The Kier molecular flexibility index (Phi) is 3.29. The van der Waals surface area contributed by atoms with Crippen molar-refractivity contribution in [1.29, 1.82) is 0 Å². The Morgan fingerprint density at radius 1 is 1.05 bits per heavy atom. The second-order valence-corrected chi connectivity index (χ2v) is 4.73. The number of hydrogen-bond acceptors (Lipinski definition) is 2. The molecule has 1 amide bonds. The molecule has 1 aliphatic heterocycles. The highest BCUT2D eigenvalue weighted by Gasteiger charge is 2.10. The lowest BCUT2D eigenvalue weighted by atomic mass is 10.0. The number of benzene rings is 2. The Balaban J connectivity index is 1.78. The van der Waals surface area contributed by atoms with Crippen LogP contribution in [0.1, 0.15) is 21.5 Å². The third-order valence-electron chi connectivity index (χ3n) is 3.39. The van der Waals surface area contributed by atoms with E-state index in [1.54, 1.807) is 0 Å². The summed E-state index contributed by atoms with van der Waals surface area (Å²) in [7, 11) is 0. The van der Waals surface area contributed by atoms with Crippen molar-refractivity contribution < 1.29 is 4.79 Å². The van der Waals surface area contributed by atoms with Gasteiger partial charge in [0.2, 0.25) is 0 Å². The first-order chi connectivity index (χ1) is 9.33. The number of nitrogens with one attached hydrogen (secondary N) is 2. The van der Waals surface area contributed by atoms with Crippen LogP contribution in [0.5, 0.6) is 0 Å². The van der Waals surface area contributed by atoms with E-state index in [1.165, 1.54) is 11.1 Å². The van der Waals surface area contributed by atoms with Gasteiger partial charge in [0, 0.05) is 17.8 Å². The summed E-state index contributed by atoms with van der Waals surface area (Å²) >= 11 is 0. The van der Waals surface area contributed by atoms with Crippen molar-refractivity contribution in [3.05, 3.63) is 65.2 Å². The summed E-state index contributed by atoms with van der Waals surface area (Å²) in [6, 6.07) is 15.4. The van der Waals surface area contributed by atoms with E-state index in [-0.39, 0.29) is 5.91 Å². The minimum absolute atomic E-state index is 0.0654. The smallest absolute Gasteiger partial charge is 0.255 e. The number of amides is 1. The number of carbonyl (C=O) groups excluding carboxylic acids is 1. The Labute approximate surface area is 112 Å². The van der Waals surface area contributed by atoms with Crippen LogP contribution in [-0.4, -0.2) is 12.5 Å². The molecule has 0 fully saturated rings. The molecule has 0 spiro atoms. The van der Waals surface area contributed by atoms with Gasteiger partial charge in [0.15, 0.2) is 0 Å². The first-order valence-electron chi connectivity index (χ1n) is 6.52. The van der Waals surface area contributed by atoms with Crippen LogP contribution in [0.2, 0.25) is 0 Å². The summed E-state index contributed by atoms with van der Waals surface area (Å²) < 4.78 is 0. The van der Waals surface area contributed by atoms with Crippen molar-refractivity contribution in [1.82, 2.24) is 5.32 Å². The van der Waals surface area contributed by atoms with Crippen LogP contribution < -0.4 is 10.6 Å². The zero-order valence-electron chi connectivity index (χ0n) is 10.6. The van der Waals surface area contributed by atoms with Gasteiger partial charge in [0.05, 0.1) is 0 Å². The Bertz CT molecular complexity index is 593. The summed E-state index contributed by atoms with van der Waals surface area (Å²) in [6.07, 6.45) is 1.06. The molecule has 3 nitrogen and oxygen atoms in total. The number of carbonyl (C=O) groups is 1. The molecule has 96 valence electrons. The second kappa shape index (κ2) is 5.24. The topological polar surface area (TPSA) is 41.1 Å². The normalized spacial score (nSPS) is 13.7. The lowest BCUT2D eigenvalue weighted by molar-refractivity contribution is 0.102. The molecule has 3 heteroatoms. The van der Waals surface area contributed by atoms with Gasteiger partial charge in [-0.1, -0.05) is 24.3 Å². The molecule has 2 N–H and O–H groups in total. The van der Waals surface area contributed by atoms with E-state index < -0.39 is 0 Å². The minimum Gasteiger partial charge on any atom is -0.322 e. The average molecular weight is 252 g/mol. The van der Waals surface area contributed by atoms with Crippen LogP contribution in [0.3, 0.4) is 0 Å². The van der Waals surface area contributed by atoms with E-state index in [4.69, 9.17) is 0 Å². The summed E-state index contributed by atoms with van der Waals surface area (Å²) in [5, 5.41) is 6.28. The number of rotatable bonds is 2. The van der Waals surface area contributed by atoms with Crippen LogP contribution in [0, 0.1) is 0 Å². The van der Waals surface area contributed by atoms with Crippen molar-refractivity contribution in [2.75, 3.05) is 11.9 Å². The fraction of sp³-hybridized carbons (Fsp3) is 0.188. The molecule has 19 heavy (non-hydrogen) atoms. The molecule has 0 saturated carbocycles. The summed E-state index contributed by atoms with van der Waals surface area (Å²) in [5.74, 6) is -0.0654. The molecule has 0 aromatic heterocycles. The molecule has 0 atom stereocenters. The first kappa shape index (κ1) is 11.9. The quantitative estimate of drug-likeness (QED) is 0.862. The predicted octanol–water partition coefficient (Wildman–Crippen LogP) is 2.58. The first-order valence-corrected chi connectivity index (χ1v) is 6.52. The van der Waals surface area contributed by atoms with Crippen LogP contribution in [0.4, 0.5) is 5.69 Å². The van der Waals surface area contributed by atoms with Crippen molar-refractivity contribution in [2.24, 2.45) is 0 Å². The highest BCUT2D eigenvalue weighted by Crippen LogP contribution is 2.19. The van der Waals surface area contributed by atoms with Crippen LogP contribution in [0.15, 0.2) is 48.5 Å². The van der Waals surface area contributed by atoms with E-state index >= 15 is 0 Å². The SMILES string of the molecule is O=C(Nc1ccc2c(c1)CNCC2)c1ccccc1. The van der Waals surface area contributed by atoms with Crippen LogP contribution >= 0.6 is 0 Å². The fourth-order valence-electron chi connectivity index (χ4n) is 2.35. The van der Waals surface area contributed by atoms with Crippen LogP contribution in [0.25, 0.3) is 0 Å². The standard InChI is InChI=1S/C16H16N2O/c19-16(13-4-2-1-3-5-13)18-15-7-6-12-8-9-17-11-14(12)10-15/h1-7,10,17H,8-9,11H2,(H,18,19). The Hall–Kier alpha value is -2.13. The molecular formula is C16H16N2O. The average Bonchev–Trinajstić information content (AvgIpc) is 2.48. The lowest BCUT2D eigenvalue weighted by Crippen LogP contribution is -2.23. The van der Waals surface area contributed by atoms with E-state index in [0.717, 1.165) is 25.2 Å². The summed E-state index contributed by atoms with van der Waals surface area (Å²) in [6.45, 7) is 1.91. The fourth-order valence-corrected chi connectivity index (χ4v) is 2.35. The number of fused-ring (bicyclic) bond motifs is 1. The predicted molar refractivity (Wildman–Crippen MR) is 76.2 cm³/mol. The number of hydrogen-bond donors (Lipinski definition) is 2. The molecule has 2 aromatic carbocycles. The Morgan fingerprint density at radius 2 is 1.89 bits per heavy atom. The van der Waals surface area contributed by atoms with Crippen molar-refractivity contribution in [3.8, 4) is 0 Å². The summed E-state index contributed by atoms with van der Waals surface area (Å²) in [5.41, 5.74) is 4.18. The number of anilines is 1. The van der Waals surface area contributed by atoms with Gasteiger partial charge < -0.3 is 10.6 Å². The molecule has 1 aliphatic rings. The maximum atomic E-state index is 12.1. The molecule has 1 heterocycles. The largest absolute Gasteiger partial charge is 0.322 e. The zero-order chi connectivity index (χ0) is 13.1. The van der Waals surface area contributed by atoms with Gasteiger partial charge in [-0.05, 0) is 48.4 Å². The highest BCUT2D eigenvalue weighted by molar-refractivity contribution is 6.04. The Morgan fingerprint density at radius 3 is 2.74 bits per heavy atom. The molecule has 0 radical (unpaired) electrons. The third kappa shape index (κ3) is 2.66. The van der Waals surface area contributed by atoms with Gasteiger partial charge in [0.25, 0.3) is 5.91 Å². The monoisotopic (exact) mass is 252 g/mol. The zero-order valence-corrected chi connectivity index (χ0v) is 10.6. The van der Waals surface area contributed by atoms with E-state index in [2.05, 4.69) is 22.8 Å². The molecule has 0 aliphatic carbocycles. The highest BCUT2D eigenvalue weighted by atomic mass is 16.1.